The lowest BCUT2D eigenvalue weighted by Crippen LogP contribution is -2.42. The average Bonchev–Trinajstić information content (AvgIpc) is 2.88. The first-order chi connectivity index (χ1) is 16.9. The maximum Gasteiger partial charge on any atom is 0.127 e. The number of halogens is 3. The van der Waals surface area contributed by atoms with Gasteiger partial charge in [0.15, 0.2) is 0 Å². The number of hydrogen-bond donors (Lipinski definition) is 1. The number of pyridine rings is 1. The van der Waals surface area contributed by atoms with Crippen LogP contribution in [0, 0.1) is 11.2 Å². The summed E-state index contributed by atoms with van der Waals surface area (Å²) >= 11 is 6.38. The smallest absolute Gasteiger partial charge is 0.127 e. The van der Waals surface area contributed by atoms with E-state index in [1.165, 1.54) is 12.3 Å². The number of likely N-dealkylation sites (tertiary alicyclic amines) is 1. The zero-order chi connectivity index (χ0) is 24.8. The summed E-state index contributed by atoms with van der Waals surface area (Å²) in [6.07, 6.45) is 4.58. The number of piperidine rings is 1. The van der Waals surface area contributed by atoms with E-state index in [9.17, 15) is 9.50 Å². The minimum Gasteiger partial charge on any atom is -0.497 e. The molecule has 0 spiro atoms. The van der Waals surface area contributed by atoms with Crippen LogP contribution in [0.2, 0.25) is 5.02 Å². The molecule has 7 heteroatoms. The van der Waals surface area contributed by atoms with Crippen LogP contribution in [0.1, 0.15) is 49.4 Å². The fraction of sp³-hybridized carbons (Fsp3) is 0.464. The van der Waals surface area contributed by atoms with Gasteiger partial charge in [0.05, 0.1) is 17.6 Å². The Morgan fingerprint density at radius 2 is 2.00 bits per heavy atom. The summed E-state index contributed by atoms with van der Waals surface area (Å²) in [7, 11) is 1.57. The number of aliphatic hydroxyl groups is 1. The summed E-state index contributed by atoms with van der Waals surface area (Å²) in [5.41, 5.74) is 1.85. The van der Waals surface area contributed by atoms with E-state index in [1.807, 2.05) is 6.07 Å². The van der Waals surface area contributed by atoms with E-state index in [2.05, 4.69) is 9.88 Å². The molecule has 1 aliphatic rings. The van der Waals surface area contributed by atoms with Crippen LogP contribution in [-0.4, -0.2) is 48.3 Å². The number of hydrogen-bond acceptors (Lipinski definition) is 4. The number of alkyl halides is 1. The average molecular weight is 503 g/mol. The van der Waals surface area contributed by atoms with E-state index in [-0.39, 0.29) is 24.3 Å². The van der Waals surface area contributed by atoms with Crippen molar-refractivity contribution in [1.29, 1.82) is 0 Å². The number of methoxy groups -OCH3 is 1. The Bertz CT molecular complexity index is 1140. The highest BCUT2D eigenvalue weighted by Crippen LogP contribution is 2.41. The van der Waals surface area contributed by atoms with Gasteiger partial charge < -0.3 is 14.7 Å². The Kier molecular flexibility index (Phi) is 8.58. The van der Waals surface area contributed by atoms with Crippen molar-refractivity contribution in [2.24, 2.45) is 5.41 Å². The van der Waals surface area contributed by atoms with Gasteiger partial charge in [-0.3, -0.25) is 4.98 Å². The van der Waals surface area contributed by atoms with Crippen LogP contribution in [0.3, 0.4) is 0 Å². The molecule has 1 saturated heterocycles. The number of aryl methyl sites for hydroxylation is 1. The molecule has 2 heterocycles. The molecule has 0 aliphatic carbocycles. The standard InChI is InChI=1S/C28H33ClF2N2O2/c1-35-22-7-8-26-23(17-22)27(24(29)18-32-26)25(31)9-10-28(19-34)11-14-33(15-12-28)13-3-5-20-4-2-6-21(30)16-20/h2,4,6-8,16-18,25,34H,3,5,9-15,19H2,1H3. The lowest BCUT2D eigenvalue weighted by molar-refractivity contribution is 0.0300. The molecule has 0 bridgehead atoms. The Labute approximate surface area is 210 Å². The summed E-state index contributed by atoms with van der Waals surface area (Å²) in [5, 5.41) is 11.2. The summed E-state index contributed by atoms with van der Waals surface area (Å²) in [6.45, 7) is 2.73. The van der Waals surface area contributed by atoms with Crippen molar-refractivity contribution in [3.8, 4) is 5.75 Å². The lowest BCUT2D eigenvalue weighted by atomic mass is 9.74. The number of benzene rings is 2. The molecular formula is C28H33ClF2N2O2. The van der Waals surface area contributed by atoms with Crippen molar-refractivity contribution in [2.75, 3.05) is 33.4 Å². The first kappa shape index (κ1) is 25.8. The van der Waals surface area contributed by atoms with E-state index in [1.54, 1.807) is 37.4 Å². The van der Waals surface area contributed by atoms with E-state index >= 15 is 4.39 Å². The Balaban J connectivity index is 1.33. The highest BCUT2D eigenvalue weighted by atomic mass is 35.5. The lowest BCUT2D eigenvalue weighted by Gasteiger charge is -2.41. The molecule has 0 amide bonds. The second kappa shape index (κ2) is 11.6. The van der Waals surface area contributed by atoms with E-state index in [4.69, 9.17) is 16.3 Å². The quantitative estimate of drug-likeness (QED) is 0.342. The van der Waals surface area contributed by atoms with Crippen molar-refractivity contribution in [2.45, 2.75) is 44.7 Å². The molecular weight excluding hydrogens is 470 g/mol. The molecule has 1 aliphatic heterocycles. The third-order valence-corrected chi connectivity index (χ3v) is 7.69. The van der Waals surface area contributed by atoms with E-state index in [0.717, 1.165) is 50.9 Å². The molecule has 1 aromatic heterocycles. The van der Waals surface area contributed by atoms with Gasteiger partial charge in [0, 0.05) is 23.8 Å². The predicted molar refractivity (Wildman–Crippen MR) is 136 cm³/mol. The van der Waals surface area contributed by atoms with Crippen LogP contribution in [0.25, 0.3) is 10.9 Å². The minimum atomic E-state index is -1.26. The summed E-state index contributed by atoms with van der Waals surface area (Å²) < 4.78 is 34.3. The van der Waals surface area contributed by atoms with Crippen molar-refractivity contribution in [3.63, 3.8) is 0 Å². The number of rotatable bonds is 10. The van der Waals surface area contributed by atoms with Gasteiger partial charge in [-0.2, -0.15) is 0 Å². The zero-order valence-corrected chi connectivity index (χ0v) is 20.9. The third kappa shape index (κ3) is 6.29. The van der Waals surface area contributed by atoms with Crippen molar-refractivity contribution >= 4 is 22.5 Å². The molecule has 1 unspecified atom stereocenters. The number of nitrogens with zero attached hydrogens (tertiary/aromatic N) is 2. The molecule has 1 atom stereocenters. The van der Waals surface area contributed by atoms with Gasteiger partial charge in [-0.1, -0.05) is 23.7 Å². The van der Waals surface area contributed by atoms with Gasteiger partial charge in [-0.25, -0.2) is 8.78 Å². The monoisotopic (exact) mass is 502 g/mol. The summed E-state index contributed by atoms with van der Waals surface area (Å²) in [4.78, 5) is 6.71. The molecule has 1 N–H and O–H groups in total. The molecule has 4 rings (SSSR count). The van der Waals surface area contributed by atoms with Crippen LogP contribution in [0.5, 0.6) is 5.75 Å². The largest absolute Gasteiger partial charge is 0.497 e. The van der Waals surface area contributed by atoms with Gasteiger partial charge in [-0.05, 0) is 99.5 Å². The van der Waals surface area contributed by atoms with E-state index in [0.29, 0.717) is 33.7 Å². The minimum absolute atomic E-state index is 0.0511. The summed E-state index contributed by atoms with van der Waals surface area (Å²) in [5.74, 6) is 0.436. The van der Waals surface area contributed by atoms with E-state index < -0.39 is 6.17 Å². The molecule has 2 aromatic carbocycles. The summed E-state index contributed by atoms with van der Waals surface area (Å²) in [6, 6.07) is 12.1. The fourth-order valence-corrected chi connectivity index (χ4v) is 5.40. The first-order valence-electron chi connectivity index (χ1n) is 12.3. The number of fused-ring (bicyclic) bond motifs is 1. The Morgan fingerprint density at radius 3 is 2.71 bits per heavy atom. The van der Waals surface area contributed by atoms with Crippen molar-refractivity contribution in [1.82, 2.24) is 9.88 Å². The van der Waals surface area contributed by atoms with Gasteiger partial charge >= 0.3 is 0 Å². The first-order valence-corrected chi connectivity index (χ1v) is 12.6. The zero-order valence-electron chi connectivity index (χ0n) is 20.2. The highest BCUT2D eigenvalue weighted by molar-refractivity contribution is 6.32. The second-order valence-corrected chi connectivity index (χ2v) is 10.0. The maximum absolute atomic E-state index is 15.6. The SMILES string of the molecule is COc1ccc2ncc(Cl)c(C(F)CCC3(CO)CCN(CCCc4cccc(F)c4)CC3)c2c1. The Morgan fingerprint density at radius 1 is 1.20 bits per heavy atom. The third-order valence-electron chi connectivity index (χ3n) is 7.39. The normalized spacial score (nSPS) is 16.9. The van der Waals surface area contributed by atoms with Crippen molar-refractivity contribution in [3.05, 3.63) is 70.6 Å². The van der Waals surface area contributed by atoms with Crippen LogP contribution in [0.15, 0.2) is 48.7 Å². The highest BCUT2D eigenvalue weighted by Gasteiger charge is 2.35. The molecule has 35 heavy (non-hydrogen) atoms. The Hall–Kier alpha value is -2.28. The number of ether oxygens (including phenoxy) is 1. The van der Waals surface area contributed by atoms with Crippen LogP contribution < -0.4 is 4.74 Å². The van der Waals surface area contributed by atoms with Crippen LogP contribution >= 0.6 is 11.6 Å². The van der Waals surface area contributed by atoms with Gasteiger partial charge in [0.2, 0.25) is 0 Å². The van der Waals surface area contributed by atoms with Crippen LogP contribution in [0.4, 0.5) is 8.78 Å². The molecule has 4 nitrogen and oxygen atoms in total. The van der Waals surface area contributed by atoms with Crippen molar-refractivity contribution < 1.29 is 18.6 Å². The fourth-order valence-electron chi connectivity index (χ4n) is 5.13. The molecule has 0 radical (unpaired) electrons. The maximum atomic E-state index is 15.6. The molecule has 1 fully saturated rings. The molecule has 3 aromatic rings. The van der Waals surface area contributed by atoms with Crippen LogP contribution in [-0.2, 0) is 6.42 Å². The van der Waals surface area contributed by atoms with Gasteiger partial charge in [0.1, 0.15) is 17.7 Å². The molecule has 0 saturated carbocycles. The predicted octanol–water partition coefficient (Wildman–Crippen LogP) is 6.53. The van der Waals surface area contributed by atoms with Gasteiger partial charge in [0.25, 0.3) is 0 Å². The second-order valence-electron chi connectivity index (χ2n) is 9.64. The topological polar surface area (TPSA) is 45.6 Å². The number of aliphatic hydroxyl groups excluding tert-OH is 1. The number of aromatic nitrogens is 1. The molecule has 188 valence electrons. The van der Waals surface area contributed by atoms with Gasteiger partial charge in [-0.15, -0.1) is 0 Å².